The number of hydrogen-bond donors (Lipinski definition) is 6. The number of ether oxygens (including phenoxy) is 1. The fourth-order valence-corrected chi connectivity index (χ4v) is 8.34. The minimum absolute atomic E-state index is 0.245. The van der Waals surface area contributed by atoms with Crippen molar-refractivity contribution in [2.24, 2.45) is 0 Å². The van der Waals surface area contributed by atoms with Gasteiger partial charge in [0.25, 0.3) is 0 Å². The van der Waals surface area contributed by atoms with E-state index in [0.29, 0.717) is 11.0 Å². The number of aromatic nitrogens is 1. The van der Waals surface area contributed by atoms with Crippen molar-refractivity contribution in [2.75, 3.05) is 17.3 Å². The number of nitrogens with zero attached hydrogens (tertiary/aromatic N) is 2. The maximum Gasteiger partial charge on any atom is 0.208 e. The highest BCUT2D eigenvalue weighted by Gasteiger charge is 2.28. The molecule has 0 spiro atoms. The zero-order valence-electron chi connectivity index (χ0n) is 37.0. The molecule has 6 N–H and O–H groups in total. The Bertz CT molecular complexity index is 3190. The molecule has 10 rings (SSSR count). The first-order chi connectivity index (χ1) is 32.2. The number of fused-ring (bicyclic) bond motifs is 4. The number of aromatic hydroxyl groups is 5. The van der Waals surface area contributed by atoms with E-state index in [0.717, 1.165) is 79.8 Å². The lowest BCUT2D eigenvalue weighted by Gasteiger charge is -2.26. The third kappa shape index (κ3) is 8.57. The third-order valence-electron chi connectivity index (χ3n) is 11.6. The van der Waals surface area contributed by atoms with E-state index in [1.165, 1.54) is 5.70 Å². The Kier molecular flexibility index (Phi) is 13.0. The summed E-state index contributed by atoms with van der Waals surface area (Å²) in [5.41, 5.74) is 11.5. The summed E-state index contributed by atoms with van der Waals surface area (Å²) in [6.45, 7) is 7.96. The number of phenols is 5. The highest BCUT2D eigenvalue weighted by Crippen LogP contribution is 2.54. The van der Waals surface area contributed by atoms with Gasteiger partial charge in [0.2, 0.25) is 17.2 Å². The van der Waals surface area contributed by atoms with Crippen LogP contribution in [0.1, 0.15) is 32.3 Å². The van der Waals surface area contributed by atoms with Gasteiger partial charge in [-0.25, -0.2) is 0 Å². The van der Waals surface area contributed by atoms with Crippen molar-refractivity contribution >= 4 is 38.8 Å². The lowest BCUT2D eigenvalue weighted by Crippen LogP contribution is -2.18. The van der Waals surface area contributed by atoms with Crippen molar-refractivity contribution in [1.29, 1.82) is 0 Å². The summed E-state index contributed by atoms with van der Waals surface area (Å²) in [6, 6.07) is 48.1. The predicted molar refractivity (Wildman–Crippen MR) is 270 cm³/mol. The summed E-state index contributed by atoms with van der Waals surface area (Å²) in [6.07, 6.45) is 13.5. The normalized spacial score (nSPS) is 13.8. The SMILES string of the molecule is C=C1/C=C\C=C/Oc2ccccc21.CC.CN(C1=CC=C(Nc2ccccc2-c2cccc(-c3cccc4c3c3ccccc3n4-c3c(O)c(O)c(O)c(O)c3O)c2)CC1)c1ccccc1. The van der Waals surface area contributed by atoms with Gasteiger partial charge in [-0.3, -0.25) is 0 Å². The molecular weight excluding hydrogens is 823 g/mol. The standard InChI is InChI=1S/C43H35N3O5.C12H10O.C2H6/c1-45(29-13-3-2-4-14-29)30-23-21-28(22-24-30)44-34-18-7-5-15-31(34)26-11-9-12-27(25-26)32-17-10-20-36-37(32)33-16-6-8-19-35(33)46(36)38-39(47)41(49)43(51)42(50)40(38)48;1-10-6-4-5-9-13-12-8-3-2-7-11(10)12;1-2/h2-21,23,25,44,47-51H,22,24H2,1H3;2-9H,1H2;1-2H3/b;6-4-,9-5-;. The molecule has 330 valence electrons. The number of hydrogen-bond acceptors (Lipinski definition) is 8. The Labute approximate surface area is 384 Å². The lowest BCUT2D eigenvalue weighted by atomic mass is 9.95. The highest BCUT2D eigenvalue weighted by atomic mass is 16.5. The van der Waals surface area contributed by atoms with E-state index in [1.54, 1.807) is 10.8 Å². The van der Waals surface area contributed by atoms with Crippen LogP contribution in [-0.2, 0) is 0 Å². The van der Waals surface area contributed by atoms with Crippen LogP contribution in [0.25, 0.3) is 55.3 Å². The van der Waals surface area contributed by atoms with Crippen LogP contribution in [0.15, 0.2) is 200 Å². The summed E-state index contributed by atoms with van der Waals surface area (Å²) in [4.78, 5) is 2.23. The molecule has 2 aliphatic rings. The minimum Gasteiger partial charge on any atom is -0.503 e. The van der Waals surface area contributed by atoms with Gasteiger partial charge < -0.3 is 45.1 Å². The molecule has 1 aliphatic heterocycles. The lowest BCUT2D eigenvalue weighted by molar-refractivity contribution is 0.327. The number of allylic oxidation sites excluding steroid dienone is 8. The second kappa shape index (κ2) is 19.5. The smallest absolute Gasteiger partial charge is 0.208 e. The Hall–Kier alpha value is -8.56. The van der Waals surface area contributed by atoms with Crippen molar-refractivity contribution in [1.82, 2.24) is 4.57 Å². The largest absolute Gasteiger partial charge is 0.503 e. The van der Waals surface area contributed by atoms with Gasteiger partial charge in [-0.2, -0.15) is 0 Å². The predicted octanol–water partition coefficient (Wildman–Crippen LogP) is 13.9. The van der Waals surface area contributed by atoms with Gasteiger partial charge in [0.1, 0.15) is 11.4 Å². The highest BCUT2D eigenvalue weighted by molar-refractivity contribution is 6.16. The molecule has 1 aromatic heterocycles. The van der Waals surface area contributed by atoms with Crippen LogP contribution >= 0.6 is 0 Å². The average molecular weight is 874 g/mol. The molecule has 0 amide bonds. The van der Waals surface area contributed by atoms with Crippen LogP contribution in [0.5, 0.6) is 34.5 Å². The van der Waals surface area contributed by atoms with Crippen LogP contribution in [-0.4, -0.2) is 37.1 Å². The Morgan fingerprint density at radius 2 is 1.20 bits per heavy atom. The van der Waals surface area contributed by atoms with E-state index in [2.05, 4.69) is 84.5 Å². The molecule has 8 aromatic rings. The van der Waals surface area contributed by atoms with Crippen LogP contribution in [0.4, 0.5) is 11.4 Å². The molecule has 9 nitrogen and oxygen atoms in total. The van der Waals surface area contributed by atoms with Gasteiger partial charge in [-0.1, -0.05) is 136 Å². The number of phenolic OH excluding ortho intramolecular Hbond substituents is 5. The van der Waals surface area contributed by atoms with E-state index in [-0.39, 0.29) is 5.69 Å². The average Bonchev–Trinajstić information content (AvgIpc) is 3.70. The fraction of sp³-hybridized carbons (Fsp3) is 0.0877. The van der Waals surface area contributed by atoms with Crippen molar-refractivity contribution in [3.05, 3.63) is 206 Å². The molecule has 66 heavy (non-hydrogen) atoms. The minimum atomic E-state index is -1.00. The Morgan fingerprint density at radius 3 is 1.94 bits per heavy atom. The number of nitrogens with one attached hydrogen (secondary N) is 1. The first-order valence-electron chi connectivity index (χ1n) is 21.8. The van der Waals surface area contributed by atoms with E-state index in [1.807, 2.05) is 129 Å². The summed E-state index contributed by atoms with van der Waals surface area (Å²) >= 11 is 0. The molecule has 1 aliphatic carbocycles. The first kappa shape index (κ1) is 44.1. The Morgan fingerprint density at radius 1 is 0.591 bits per heavy atom. The van der Waals surface area contributed by atoms with Crippen molar-refractivity contribution in [2.45, 2.75) is 26.7 Å². The van der Waals surface area contributed by atoms with E-state index in [9.17, 15) is 25.5 Å². The van der Waals surface area contributed by atoms with Crippen LogP contribution in [0.2, 0.25) is 0 Å². The molecular formula is C57H51N3O6. The molecule has 0 bridgehead atoms. The zero-order chi connectivity index (χ0) is 46.3. The van der Waals surface area contributed by atoms with Crippen LogP contribution in [0.3, 0.4) is 0 Å². The first-order valence-corrected chi connectivity index (χ1v) is 21.8. The summed E-state index contributed by atoms with van der Waals surface area (Å²) in [5.74, 6) is -3.52. The van der Waals surface area contributed by atoms with Crippen LogP contribution < -0.4 is 15.0 Å². The molecule has 7 aromatic carbocycles. The van der Waals surface area contributed by atoms with Gasteiger partial charge in [-0.05, 0) is 95.8 Å². The third-order valence-corrected chi connectivity index (χ3v) is 11.6. The van der Waals surface area contributed by atoms with Gasteiger partial charge in [-0.15, -0.1) is 0 Å². The summed E-state index contributed by atoms with van der Waals surface area (Å²) in [7, 11) is 2.10. The monoisotopic (exact) mass is 873 g/mol. The summed E-state index contributed by atoms with van der Waals surface area (Å²) in [5, 5.41) is 58.1. The number of para-hydroxylation sites is 4. The molecule has 0 radical (unpaired) electrons. The fourth-order valence-electron chi connectivity index (χ4n) is 8.34. The number of benzene rings is 7. The maximum absolute atomic E-state index is 10.9. The van der Waals surface area contributed by atoms with Crippen molar-refractivity contribution < 1.29 is 30.3 Å². The molecule has 0 saturated heterocycles. The van der Waals surface area contributed by atoms with Gasteiger partial charge in [0.05, 0.1) is 17.3 Å². The zero-order valence-corrected chi connectivity index (χ0v) is 37.0. The molecule has 0 fully saturated rings. The van der Waals surface area contributed by atoms with Crippen LogP contribution in [0, 0.1) is 0 Å². The van der Waals surface area contributed by atoms with Gasteiger partial charge in [0.15, 0.2) is 11.5 Å². The van der Waals surface area contributed by atoms with Crippen molar-refractivity contribution in [3.63, 3.8) is 0 Å². The number of rotatable bonds is 7. The van der Waals surface area contributed by atoms with Gasteiger partial charge in [0, 0.05) is 51.7 Å². The quantitative estimate of drug-likeness (QED) is 0.0690. The molecule has 0 unspecified atom stereocenters. The van der Waals surface area contributed by atoms with E-state index < -0.39 is 28.7 Å². The van der Waals surface area contributed by atoms with Gasteiger partial charge >= 0.3 is 0 Å². The Balaban J connectivity index is 0.000000336. The molecule has 0 atom stereocenters. The second-order valence-corrected chi connectivity index (χ2v) is 15.5. The van der Waals surface area contributed by atoms with E-state index in [4.69, 9.17) is 4.74 Å². The maximum atomic E-state index is 10.9. The van der Waals surface area contributed by atoms with E-state index >= 15 is 0 Å². The molecule has 2 heterocycles. The molecule has 9 heteroatoms. The molecule has 0 saturated carbocycles. The number of anilines is 2. The topological polar surface area (TPSA) is 131 Å². The van der Waals surface area contributed by atoms with Crippen molar-refractivity contribution in [3.8, 4) is 62.4 Å². The second-order valence-electron chi connectivity index (χ2n) is 15.5. The summed E-state index contributed by atoms with van der Waals surface area (Å²) < 4.78 is 6.99.